The Labute approximate surface area is 147 Å². The Balaban J connectivity index is 1.62. The van der Waals surface area contributed by atoms with E-state index in [1.165, 1.54) is 4.57 Å². The van der Waals surface area contributed by atoms with Crippen LogP contribution in [0.4, 0.5) is 6.01 Å². The maximum Gasteiger partial charge on any atom is 0.419 e. The molecule has 0 radical (unpaired) electrons. The number of rotatable bonds is 4. The molecule has 0 aliphatic heterocycles. The fraction of sp³-hybridized carbons (Fsp3) is 0.167. The molecule has 0 saturated heterocycles. The second kappa shape index (κ2) is 6.07. The van der Waals surface area contributed by atoms with E-state index >= 15 is 0 Å². The number of fused-ring (bicyclic) bond motifs is 2. The molecule has 0 atom stereocenters. The van der Waals surface area contributed by atoms with E-state index in [4.69, 9.17) is 13.6 Å². The number of ether oxygens (including phenoxy) is 1. The SMILES string of the molecule is CCOc1ccc2nc(NC(=O)c3ccc4oc(=O)n(C)c4c3)oc2c1. The van der Waals surface area contributed by atoms with Crippen LogP contribution in [0.3, 0.4) is 0 Å². The first-order valence-electron chi connectivity index (χ1n) is 7.99. The van der Waals surface area contributed by atoms with Gasteiger partial charge in [0.15, 0.2) is 11.2 Å². The van der Waals surface area contributed by atoms with Gasteiger partial charge < -0.3 is 13.6 Å². The molecule has 0 bridgehead atoms. The molecule has 0 saturated carbocycles. The largest absolute Gasteiger partial charge is 0.494 e. The molecule has 0 unspecified atom stereocenters. The number of carbonyl (C=O) groups is 1. The number of hydrogen-bond donors (Lipinski definition) is 1. The number of nitrogens with one attached hydrogen (secondary N) is 1. The third-order valence-electron chi connectivity index (χ3n) is 3.94. The second-order valence-electron chi connectivity index (χ2n) is 5.65. The van der Waals surface area contributed by atoms with Crippen LogP contribution >= 0.6 is 0 Å². The van der Waals surface area contributed by atoms with Gasteiger partial charge in [-0.25, -0.2) is 4.79 Å². The minimum atomic E-state index is -0.485. The van der Waals surface area contributed by atoms with Gasteiger partial charge in [-0.2, -0.15) is 4.98 Å². The topological polar surface area (TPSA) is 99.5 Å². The van der Waals surface area contributed by atoms with Crippen LogP contribution in [0.1, 0.15) is 17.3 Å². The second-order valence-corrected chi connectivity index (χ2v) is 5.65. The van der Waals surface area contributed by atoms with Crippen LogP contribution in [-0.4, -0.2) is 22.1 Å². The third-order valence-corrected chi connectivity index (χ3v) is 3.94. The molecule has 2 heterocycles. The molecule has 26 heavy (non-hydrogen) atoms. The Hall–Kier alpha value is -3.55. The first-order chi connectivity index (χ1) is 12.5. The monoisotopic (exact) mass is 353 g/mol. The van der Waals surface area contributed by atoms with Crippen molar-refractivity contribution in [3.63, 3.8) is 0 Å². The summed E-state index contributed by atoms with van der Waals surface area (Å²) in [5, 5.41) is 2.61. The van der Waals surface area contributed by atoms with Crippen molar-refractivity contribution in [3.8, 4) is 5.75 Å². The summed E-state index contributed by atoms with van der Waals surface area (Å²) in [6.07, 6.45) is 0. The summed E-state index contributed by atoms with van der Waals surface area (Å²) in [5.41, 5.74) is 2.42. The van der Waals surface area contributed by atoms with E-state index in [0.29, 0.717) is 40.1 Å². The molecule has 4 rings (SSSR count). The van der Waals surface area contributed by atoms with Crippen molar-refractivity contribution in [1.82, 2.24) is 9.55 Å². The number of aryl methyl sites for hydroxylation is 1. The van der Waals surface area contributed by atoms with Crippen LogP contribution in [0, 0.1) is 0 Å². The van der Waals surface area contributed by atoms with Gasteiger partial charge in [0.25, 0.3) is 5.91 Å². The number of benzene rings is 2. The summed E-state index contributed by atoms with van der Waals surface area (Å²) in [5.74, 6) is -0.223. The van der Waals surface area contributed by atoms with Gasteiger partial charge in [-0.15, -0.1) is 0 Å². The van der Waals surface area contributed by atoms with Crippen molar-refractivity contribution in [2.75, 3.05) is 11.9 Å². The smallest absolute Gasteiger partial charge is 0.419 e. The standard InChI is InChI=1S/C18H15N3O5/c1-3-24-11-5-6-12-15(9-11)25-17(19-12)20-16(22)10-4-7-14-13(8-10)21(2)18(23)26-14/h4-9H,3H2,1-2H3,(H,19,20,22). The van der Waals surface area contributed by atoms with Crippen molar-refractivity contribution in [2.45, 2.75) is 6.92 Å². The highest BCUT2D eigenvalue weighted by Gasteiger charge is 2.14. The lowest BCUT2D eigenvalue weighted by molar-refractivity contribution is 0.102. The number of hydrogen-bond acceptors (Lipinski definition) is 6. The summed E-state index contributed by atoms with van der Waals surface area (Å²) >= 11 is 0. The molecule has 4 aromatic rings. The first kappa shape index (κ1) is 15.9. The molecule has 1 amide bonds. The lowest BCUT2D eigenvalue weighted by Crippen LogP contribution is -2.12. The summed E-state index contributed by atoms with van der Waals surface area (Å²) in [7, 11) is 1.58. The summed E-state index contributed by atoms with van der Waals surface area (Å²) in [6, 6.07) is 10.1. The zero-order valence-corrected chi connectivity index (χ0v) is 14.1. The van der Waals surface area contributed by atoms with Crippen molar-refractivity contribution in [1.29, 1.82) is 0 Å². The minimum Gasteiger partial charge on any atom is -0.494 e. The van der Waals surface area contributed by atoms with E-state index in [1.54, 1.807) is 43.4 Å². The lowest BCUT2D eigenvalue weighted by Gasteiger charge is -2.01. The average molecular weight is 353 g/mol. The van der Waals surface area contributed by atoms with Crippen LogP contribution in [-0.2, 0) is 7.05 Å². The number of anilines is 1. The molecule has 2 aromatic carbocycles. The maximum atomic E-state index is 12.5. The van der Waals surface area contributed by atoms with Gasteiger partial charge in [-0.3, -0.25) is 14.7 Å². The van der Waals surface area contributed by atoms with E-state index in [2.05, 4.69) is 10.3 Å². The maximum absolute atomic E-state index is 12.5. The zero-order chi connectivity index (χ0) is 18.3. The molecule has 2 aromatic heterocycles. The Bertz CT molecular complexity index is 1180. The van der Waals surface area contributed by atoms with E-state index in [-0.39, 0.29) is 6.01 Å². The lowest BCUT2D eigenvalue weighted by atomic mass is 10.2. The van der Waals surface area contributed by atoms with Crippen LogP contribution in [0.5, 0.6) is 5.75 Å². The molecule has 0 aliphatic carbocycles. The molecule has 0 spiro atoms. The van der Waals surface area contributed by atoms with Crippen LogP contribution in [0.25, 0.3) is 22.2 Å². The Morgan fingerprint density at radius 3 is 2.85 bits per heavy atom. The molecule has 132 valence electrons. The molecule has 0 aliphatic rings. The predicted molar refractivity (Wildman–Crippen MR) is 94.6 cm³/mol. The number of oxazole rings is 2. The highest BCUT2D eigenvalue weighted by Crippen LogP contribution is 2.24. The van der Waals surface area contributed by atoms with Gasteiger partial charge >= 0.3 is 11.8 Å². The van der Waals surface area contributed by atoms with E-state index in [1.807, 2.05) is 6.92 Å². The summed E-state index contributed by atoms with van der Waals surface area (Å²) < 4.78 is 17.4. The summed E-state index contributed by atoms with van der Waals surface area (Å²) in [4.78, 5) is 28.2. The van der Waals surface area contributed by atoms with E-state index < -0.39 is 11.7 Å². The Morgan fingerprint density at radius 1 is 1.19 bits per heavy atom. The Morgan fingerprint density at radius 2 is 2.04 bits per heavy atom. The van der Waals surface area contributed by atoms with Crippen molar-refractivity contribution in [2.24, 2.45) is 7.05 Å². The Kier molecular flexibility index (Phi) is 3.72. The van der Waals surface area contributed by atoms with Crippen molar-refractivity contribution in [3.05, 3.63) is 52.5 Å². The number of carbonyl (C=O) groups excluding carboxylic acids is 1. The van der Waals surface area contributed by atoms with Gasteiger partial charge in [-0.1, -0.05) is 0 Å². The third kappa shape index (κ3) is 2.71. The normalized spacial score (nSPS) is 11.2. The van der Waals surface area contributed by atoms with Gasteiger partial charge in [0.1, 0.15) is 11.3 Å². The molecular formula is C18H15N3O5. The van der Waals surface area contributed by atoms with Crippen molar-refractivity contribution < 1.29 is 18.4 Å². The predicted octanol–water partition coefficient (Wildman–Crippen LogP) is 2.92. The zero-order valence-electron chi connectivity index (χ0n) is 14.1. The summed E-state index contributed by atoms with van der Waals surface area (Å²) in [6.45, 7) is 2.44. The molecule has 8 heteroatoms. The van der Waals surface area contributed by atoms with E-state index in [9.17, 15) is 9.59 Å². The molecular weight excluding hydrogens is 338 g/mol. The van der Waals surface area contributed by atoms with Gasteiger partial charge in [-0.05, 0) is 37.3 Å². The highest BCUT2D eigenvalue weighted by atomic mass is 16.5. The quantitative estimate of drug-likeness (QED) is 0.605. The van der Waals surface area contributed by atoms with E-state index in [0.717, 1.165) is 0 Å². The fourth-order valence-corrected chi connectivity index (χ4v) is 2.65. The number of amides is 1. The molecule has 0 fully saturated rings. The van der Waals surface area contributed by atoms with Crippen LogP contribution in [0.15, 0.2) is 50.0 Å². The minimum absolute atomic E-state index is 0.0832. The number of aromatic nitrogens is 2. The number of nitrogens with zero attached hydrogens (tertiary/aromatic N) is 2. The van der Waals surface area contributed by atoms with Gasteiger partial charge in [0.2, 0.25) is 0 Å². The average Bonchev–Trinajstić information content (AvgIpc) is 3.15. The van der Waals surface area contributed by atoms with Crippen LogP contribution < -0.4 is 15.8 Å². The highest BCUT2D eigenvalue weighted by molar-refractivity contribution is 6.05. The van der Waals surface area contributed by atoms with Gasteiger partial charge in [0, 0.05) is 18.7 Å². The molecule has 8 nitrogen and oxygen atoms in total. The van der Waals surface area contributed by atoms with Crippen molar-refractivity contribution >= 4 is 34.1 Å². The molecule has 1 N–H and O–H groups in total. The van der Waals surface area contributed by atoms with Gasteiger partial charge in [0.05, 0.1) is 12.1 Å². The fourth-order valence-electron chi connectivity index (χ4n) is 2.65. The van der Waals surface area contributed by atoms with Crippen LogP contribution in [0.2, 0.25) is 0 Å². The first-order valence-corrected chi connectivity index (χ1v) is 7.99.